The molecule has 2 rings (SSSR count). The molecule has 0 aliphatic heterocycles. The van der Waals surface area contributed by atoms with Crippen LogP contribution in [0.5, 0.6) is 0 Å². The maximum absolute atomic E-state index is 5.63. The topological polar surface area (TPSA) is 21.3 Å². The van der Waals surface area contributed by atoms with Gasteiger partial charge in [0, 0.05) is 12.6 Å². The minimum atomic E-state index is 0.842. The van der Waals surface area contributed by atoms with Gasteiger partial charge in [-0.2, -0.15) is 0 Å². The maximum atomic E-state index is 5.63. The Bertz CT molecular complexity index is 295. The van der Waals surface area contributed by atoms with E-state index in [1.807, 2.05) is 0 Å². The predicted octanol–water partition coefficient (Wildman–Crippen LogP) is 2.78. The van der Waals surface area contributed by atoms with E-state index in [-0.39, 0.29) is 0 Å². The van der Waals surface area contributed by atoms with Crippen LogP contribution in [0, 0.1) is 0 Å². The Morgan fingerprint density at radius 2 is 1.88 bits per heavy atom. The molecule has 1 aliphatic carbocycles. The third-order valence-electron chi connectivity index (χ3n) is 3.10. The molecule has 94 valence electrons. The third-order valence-corrected chi connectivity index (χ3v) is 3.10. The first-order valence-electron chi connectivity index (χ1n) is 6.80. The Morgan fingerprint density at radius 3 is 2.65 bits per heavy atom. The van der Waals surface area contributed by atoms with E-state index in [1.165, 1.54) is 31.2 Å². The first-order valence-corrected chi connectivity index (χ1v) is 6.80. The maximum Gasteiger partial charge on any atom is 0.0506 e. The molecule has 1 fully saturated rings. The molecule has 2 nitrogen and oxygen atoms in total. The van der Waals surface area contributed by atoms with Crippen molar-refractivity contribution >= 4 is 0 Å². The summed E-state index contributed by atoms with van der Waals surface area (Å²) in [5, 5.41) is 3.52. The lowest BCUT2D eigenvalue weighted by atomic mass is 10.2. The number of unbranched alkanes of at least 4 members (excludes halogenated alkanes) is 1. The summed E-state index contributed by atoms with van der Waals surface area (Å²) in [6, 6.07) is 11.4. The van der Waals surface area contributed by atoms with Gasteiger partial charge in [0.15, 0.2) is 0 Å². The second-order valence-electron chi connectivity index (χ2n) is 4.78. The average molecular weight is 233 g/mol. The third kappa shape index (κ3) is 5.85. The molecule has 2 heteroatoms. The van der Waals surface area contributed by atoms with Gasteiger partial charge in [-0.1, -0.05) is 30.3 Å². The van der Waals surface area contributed by atoms with E-state index in [1.54, 1.807) is 0 Å². The van der Waals surface area contributed by atoms with Crippen LogP contribution in [0.15, 0.2) is 30.3 Å². The highest BCUT2D eigenvalue weighted by Gasteiger charge is 2.19. The predicted molar refractivity (Wildman–Crippen MR) is 71.2 cm³/mol. The van der Waals surface area contributed by atoms with E-state index < -0.39 is 0 Å². The van der Waals surface area contributed by atoms with Gasteiger partial charge in [0.25, 0.3) is 0 Å². The summed E-state index contributed by atoms with van der Waals surface area (Å²) < 4.78 is 5.63. The number of benzene rings is 1. The number of rotatable bonds is 9. The van der Waals surface area contributed by atoms with Crippen molar-refractivity contribution in [2.75, 3.05) is 19.8 Å². The molecular weight excluding hydrogens is 210 g/mol. The zero-order chi connectivity index (χ0) is 11.8. The van der Waals surface area contributed by atoms with Crippen molar-refractivity contribution in [2.24, 2.45) is 0 Å². The van der Waals surface area contributed by atoms with Gasteiger partial charge in [0.05, 0.1) is 6.61 Å². The summed E-state index contributed by atoms with van der Waals surface area (Å²) in [4.78, 5) is 0. The molecular formula is C15H23NO. The molecule has 1 aliphatic rings. The van der Waals surface area contributed by atoms with Crippen LogP contribution in [0.1, 0.15) is 31.2 Å². The largest absolute Gasteiger partial charge is 0.381 e. The number of nitrogens with one attached hydrogen (secondary N) is 1. The van der Waals surface area contributed by atoms with Gasteiger partial charge in [-0.15, -0.1) is 0 Å². The monoisotopic (exact) mass is 233 g/mol. The number of hydrogen-bond donors (Lipinski definition) is 1. The Labute approximate surface area is 104 Å². The van der Waals surface area contributed by atoms with E-state index in [4.69, 9.17) is 4.74 Å². The van der Waals surface area contributed by atoms with Crippen molar-refractivity contribution in [3.63, 3.8) is 0 Å². The molecule has 0 aromatic heterocycles. The van der Waals surface area contributed by atoms with Crippen LogP contribution < -0.4 is 5.32 Å². The van der Waals surface area contributed by atoms with Crippen LogP contribution in [0.4, 0.5) is 0 Å². The molecule has 0 amide bonds. The van der Waals surface area contributed by atoms with E-state index in [2.05, 4.69) is 35.6 Å². The molecule has 17 heavy (non-hydrogen) atoms. The Kier molecular flexibility index (Phi) is 5.53. The minimum Gasteiger partial charge on any atom is -0.381 e. The molecule has 0 atom stereocenters. The molecule has 0 heterocycles. The Balaban J connectivity index is 1.38. The SMILES string of the molecule is c1ccc(CCOCCCCNC2CC2)cc1. The molecule has 1 N–H and O–H groups in total. The van der Waals surface area contributed by atoms with Gasteiger partial charge >= 0.3 is 0 Å². The highest BCUT2D eigenvalue weighted by atomic mass is 16.5. The summed E-state index contributed by atoms with van der Waals surface area (Å²) in [7, 11) is 0. The van der Waals surface area contributed by atoms with Crippen LogP contribution in [-0.2, 0) is 11.2 Å². The first kappa shape index (κ1) is 12.6. The van der Waals surface area contributed by atoms with Crippen LogP contribution in [0.3, 0.4) is 0 Å². The first-order chi connectivity index (χ1) is 8.45. The minimum absolute atomic E-state index is 0.842. The number of hydrogen-bond acceptors (Lipinski definition) is 2. The summed E-state index contributed by atoms with van der Waals surface area (Å²) >= 11 is 0. The number of ether oxygens (including phenoxy) is 1. The molecule has 0 bridgehead atoms. The zero-order valence-corrected chi connectivity index (χ0v) is 10.5. The van der Waals surface area contributed by atoms with Crippen molar-refractivity contribution < 1.29 is 4.74 Å². The van der Waals surface area contributed by atoms with Gasteiger partial charge in [0.2, 0.25) is 0 Å². The summed E-state index contributed by atoms with van der Waals surface area (Å²) in [6.07, 6.45) is 6.21. The molecule has 1 saturated carbocycles. The van der Waals surface area contributed by atoms with Crippen molar-refractivity contribution in [2.45, 2.75) is 38.1 Å². The fourth-order valence-electron chi connectivity index (χ4n) is 1.86. The van der Waals surface area contributed by atoms with E-state index in [0.29, 0.717) is 0 Å². The van der Waals surface area contributed by atoms with Gasteiger partial charge in [-0.05, 0) is 44.2 Å². The smallest absolute Gasteiger partial charge is 0.0506 e. The van der Waals surface area contributed by atoms with Crippen LogP contribution >= 0.6 is 0 Å². The molecule has 0 radical (unpaired) electrons. The van der Waals surface area contributed by atoms with E-state index in [9.17, 15) is 0 Å². The van der Waals surface area contributed by atoms with Gasteiger partial charge in [-0.3, -0.25) is 0 Å². The van der Waals surface area contributed by atoms with Crippen LogP contribution in [-0.4, -0.2) is 25.8 Å². The zero-order valence-electron chi connectivity index (χ0n) is 10.5. The molecule has 1 aromatic carbocycles. The normalized spacial score (nSPS) is 15.1. The van der Waals surface area contributed by atoms with Crippen LogP contribution in [0.2, 0.25) is 0 Å². The van der Waals surface area contributed by atoms with Gasteiger partial charge in [-0.25, -0.2) is 0 Å². The van der Waals surface area contributed by atoms with E-state index in [0.717, 1.165) is 32.2 Å². The van der Waals surface area contributed by atoms with Crippen molar-refractivity contribution in [3.05, 3.63) is 35.9 Å². The lowest BCUT2D eigenvalue weighted by molar-refractivity contribution is 0.133. The highest BCUT2D eigenvalue weighted by molar-refractivity contribution is 5.14. The summed E-state index contributed by atoms with van der Waals surface area (Å²) in [6.45, 7) is 2.91. The molecule has 1 aromatic rings. The quantitative estimate of drug-likeness (QED) is 0.662. The second-order valence-corrected chi connectivity index (χ2v) is 4.78. The fraction of sp³-hybridized carbons (Fsp3) is 0.600. The molecule has 0 saturated heterocycles. The molecule has 0 spiro atoms. The Morgan fingerprint density at radius 1 is 1.06 bits per heavy atom. The highest BCUT2D eigenvalue weighted by Crippen LogP contribution is 2.18. The standard InChI is InChI=1S/C15H23NO/c1-2-6-14(7-3-1)10-13-17-12-5-4-11-16-15-8-9-15/h1-3,6-7,15-16H,4-5,8-13H2. The molecule has 0 unspecified atom stereocenters. The van der Waals surface area contributed by atoms with Crippen LogP contribution in [0.25, 0.3) is 0 Å². The fourth-order valence-corrected chi connectivity index (χ4v) is 1.86. The van der Waals surface area contributed by atoms with Crippen molar-refractivity contribution in [1.82, 2.24) is 5.32 Å². The Hall–Kier alpha value is -0.860. The van der Waals surface area contributed by atoms with E-state index >= 15 is 0 Å². The lowest BCUT2D eigenvalue weighted by Gasteiger charge is -2.05. The second kappa shape index (κ2) is 7.46. The summed E-state index contributed by atoms with van der Waals surface area (Å²) in [5.41, 5.74) is 1.36. The van der Waals surface area contributed by atoms with Crippen molar-refractivity contribution in [3.8, 4) is 0 Å². The average Bonchev–Trinajstić information content (AvgIpc) is 3.18. The van der Waals surface area contributed by atoms with Gasteiger partial charge in [0.1, 0.15) is 0 Å². The summed E-state index contributed by atoms with van der Waals surface area (Å²) in [5.74, 6) is 0. The van der Waals surface area contributed by atoms with Crippen molar-refractivity contribution in [1.29, 1.82) is 0 Å². The lowest BCUT2D eigenvalue weighted by Crippen LogP contribution is -2.17. The van der Waals surface area contributed by atoms with Gasteiger partial charge < -0.3 is 10.1 Å².